The van der Waals surface area contributed by atoms with E-state index >= 15 is 0 Å². The van der Waals surface area contributed by atoms with E-state index in [-0.39, 0.29) is 24.5 Å². The van der Waals surface area contributed by atoms with Crippen LogP contribution in [-0.2, 0) is 21.0 Å². The lowest BCUT2D eigenvalue weighted by molar-refractivity contribution is -0.142. The second kappa shape index (κ2) is 7.31. The first-order valence-electron chi connectivity index (χ1n) is 9.29. The number of imide groups is 1. The first-order valence-corrected chi connectivity index (χ1v) is 9.29. The van der Waals surface area contributed by atoms with Crippen LogP contribution in [0.15, 0.2) is 30.3 Å². The van der Waals surface area contributed by atoms with Crippen LogP contribution >= 0.6 is 0 Å². The second-order valence-corrected chi connectivity index (χ2v) is 8.56. The molecule has 0 bridgehead atoms. The summed E-state index contributed by atoms with van der Waals surface area (Å²) in [5.74, 6) is -0.527. The van der Waals surface area contributed by atoms with E-state index in [1.807, 2.05) is 30.3 Å². The Hall–Kier alpha value is -2.41. The van der Waals surface area contributed by atoms with Gasteiger partial charge in [0.25, 0.3) is 11.8 Å². The molecule has 0 aromatic heterocycles. The molecule has 1 aliphatic heterocycles. The van der Waals surface area contributed by atoms with Crippen LogP contribution in [0.3, 0.4) is 0 Å². The van der Waals surface area contributed by atoms with Gasteiger partial charge in [-0.3, -0.25) is 19.3 Å². The smallest absolute Gasteiger partial charge is 0.323 e. The van der Waals surface area contributed by atoms with Crippen molar-refractivity contribution in [2.45, 2.75) is 52.2 Å². The lowest BCUT2D eigenvalue weighted by Crippen LogP contribution is -2.54. The minimum Gasteiger partial charge on any atom is -0.323 e. The number of hydroxylamine groups is 1. The van der Waals surface area contributed by atoms with Crippen LogP contribution in [-0.4, -0.2) is 34.8 Å². The van der Waals surface area contributed by atoms with Gasteiger partial charge in [0.2, 0.25) is 0 Å². The van der Waals surface area contributed by atoms with Gasteiger partial charge in [-0.25, -0.2) is 10.3 Å². The van der Waals surface area contributed by atoms with E-state index < -0.39 is 17.5 Å². The predicted molar refractivity (Wildman–Crippen MR) is 99.1 cm³/mol. The van der Waals surface area contributed by atoms with E-state index in [2.05, 4.69) is 31.6 Å². The average molecular weight is 373 g/mol. The van der Waals surface area contributed by atoms with E-state index in [0.717, 1.165) is 16.9 Å². The van der Waals surface area contributed by atoms with Gasteiger partial charge in [0, 0.05) is 0 Å². The lowest BCUT2D eigenvalue weighted by Gasteiger charge is -2.43. The lowest BCUT2D eigenvalue weighted by atomic mass is 9.64. The first kappa shape index (κ1) is 19.4. The topological polar surface area (TPSA) is 87.7 Å². The summed E-state index contributed by atoms with van der Waals surface area (Å²) >= 11 is 0. The number of nitrogens with zero attached hydrogens (tertiary/aromatic N) is 1. The summed E-state index contributed by atoms with van der Waals surface area (Å²) in [5.41, 5.74) is 2.27. The highest BCUT2D eigenvalue weighted by molar-refractivity contribution is 6.09. The number of rotatable bonds is 5. The normalized spacial score (nSPS) is 26.9. The summed E-state index contributed by atoms with van der Waals surface area (Å²) in [4.78, 5) is 43.7. The van der Waals surface area contributed by atoms with Gasteiger partial charge in [0.15, 0.2) is 0 Å². The molecule has 3 rings (SSSR count). The number of urea groups is 1. The average Bonchev–Trinajstić information content (AvgIpc) is 2.77. The fourth-order valence-corrected chi connectivity index (χ4v) is 4.60. The number of carbonyl (C=O) groups is 3. The molecular weight excluding hydrogens is 346 g/mol. The van der Waals surface area contributed by atoms with E-state index in [1.165, 1.54) is 0 Å². The number of benzene rings is 1. The molecule has 2 N–H and O–H groups in total. The fourth-order valence-electron chi connectivity index (χ4n) is 4.60. The van der Waals surface area contributed by atoms with Crippen LogP contribution in [0.4, 0.5) is 4.79 Å². The van der Waals surface area contributed by atoms with Crippen LogP contribution in [0.25, 0.3) is 0 Å². The molecule has 2 aliphatic rings. The Morgan fingerprint density at radius 3 is 2.63 bits per heavy atom. The van der Waals surface area contributed by atoms with E-state index in [1.54, 1.807) is 0 Å². The summed E-state index contributed by atoms with van der Waals surface area (Å²) in [5, 5.41) is 2.86. The van der Waals surface area contributed by atoms with Crippen LogP contribution < -0.4 is 10.8 Å². The summed E-state index contributed by atoms with van der Waals surface area (Å²) in [6.07, 6.45) is 2.19. The van der Waals surface area contributed by atoms with Crippen molar-refractivity contribution < 1.29 is 19.2 Å². The van der Waals surface area contributed by atoms with Gasteiger partial charge in [-0.2, -0.15) is 0 Å². The highest BCUT2D eigenvalue weighted by Gasteiger charge is 2.56. The SMILES string of the molecule is C[C@@H]1CC(C)(C)C[C@]2(C1)NC(=O)N(CC(=O)NOCc1ccccc1)C2=O. The van der Waals surface area contributed by atoms with Crippen LogP contribution in [0, 0.1) is 11.3 Å². The Labute approximate surface area is 159 Å². The van der Waals surface area contributed by atoms with Gasteiger partial charge in [-0.05, 0) is 36.2 Å². The molecule has 1 saturated heterocycles. The van der Waals surface area contributed by atoms with Crippen molar-refractivity contribution in [1.82, 2.24) is 15.7 Å². The zero-order valence-corrected chi connectivity index (χ0v) is 16.1. The number of hydrogen-bond donors (Lipinski definition) is 2. The third-order valence-corrected chi connectivity index (χ3v) is 5.19. The summed E-state index contributed by atoms with van der Waals surface area (Å²) in [6.45, 7) is 6.17. The van der Waals surface area contributed by atoms with Gasteiger partial charge >= 0.3 is 6.03 Å². The van der Waals surface area contributed by atoms with E-state index in [9.17, 15) is 14.4 Å². The molecule has 1 aliphatic carbocycles. The second-order valence-electron chi connectivity index (χ2n) is 8.56. The maximum atomic E-state index is 13.0. The van der Waals surface area contributed by atoms with Crippen molar-refractivity contribution in [1.29, 1.82) is 0 Å². The number of hydrogen-bond acceptors (Lipinski definition) is 4. The molecule has 146 valence electrons. The molecule has 0 radical (unpaired) electrons. The molecule has 27 heavy (non-hydrogen) atoms. The Balaban J connectivity index is 1.58. The number of amides is 4. The zero-order valence-electron chi connectivity index (χ0n) is 16.1. The van der Waals surface area contributed by atoms with Crippen molar-refractivity contribution in [2.24, 2.45) is 11.3 Å². The maximum Gasteiger partial charge on any atom is 0.325 e. The molecule has 1 aromatic rings. The minimum absolute atomic E-state index is 0.0440. The molecule has 2 fully saturated rings. The Bertz CT molecular complexity index is 734. The third-order valence-electron chi connectivity index (χ3n) is 5.19. The quantitative estimate of drug-likeness (QED) is 0.613. The van der Waals surface area contributed by atoms with Gasteiger partial charge in [-0.15, -0.1) is 0 Å². The third kappa shape index (κ3) is 4.30. The molecular formula is C20H27N3O4. The highest BCUT2D eigenvalue weighted by Crippen LogP contribution is 2.46. The highest BCUT2D eigenvalue weighted by atomic mass is 16.6. The monoisotopic (exact) mass is 373 g/mol. The van der Waals surface area contributed by atoms with E-state index in [4.69, 9.17) is 4.84 Å². The first-order chi connectivity index (χ1) is 12.7. The molecule has 1 aromatic carbocycles. The van der Waals surface area contributed by atoms with Crippen LogP contribution in [0.5, 0.6) is 0 Å². The van der Waals surface area contributed by atoms with Crippen molar-refractivity contribution in [3.05, 3.63) is 35.9 Å². The zero-order chi connectivity index (χ0) is 19.7. The Morgan fingerprint density at radius 2 is 1.96 bits per heavy atom. The minimum atomic E-state index is -0.899. The number of carbonyl (C=O) groups excluding carboxylic acids is 3. The molecule has 1 saturated carbocycles. The standard InChI is InChI=1S/C20H27N3O4/c1-14-9-19(2,3)13-20(10-14)17(25)23(18(26)21-20)11-16(24)22-27-12-15-7-5-4-6-8-15/h4-8,14H,9-13H2,1-3H3,(H,21,26)(H,22,24)/t14-,20+/m1/s1. The molecule has 0 unspecified atom stereocenters. The van der Waals surface area contributed by atoms with Crippen molar-refractivity contribution in [3.63, 3.8) is 0 Å². The Kier molecular flexibility index (Phi) is 5.24. The largest absolute Gasteiger partial charge is 0.325 e. The molecule has 7 nitrogen and oxygen atoms in total. The molecule has 2 atom stereocenters. The van der Waals surface area contributed by atoms with Gasteiger partial charge in [0.1, 0.15) is 12.1 Å². The van der Waals surface area contributed by atoms with Gasteiger partial charge in [0.05, 0.1) is 6.61 Å². The van der Waals surface area contributed by atoms with Crippen molar-refractivity contribution in [2.75, 3.05) is 6.54 Å². The Morgan fingerprint density at radius 1 is 1.26 bits per heavy atom. The van der Waals surface area contributed by atoms with Gasteiger partial charge in [-0.1, -0.05) is 51.1 Å². The maximum absolute atomic E-state index is 13.0. The fraction of sp³-hybridized carbons (Fsp3) is 0.550. The summed E-state index contributed by atoms with van der Waals surface area (Å²) in [6, 6.07) is 8.88. The summed E-state index contributed by atoms with van der Waals surface area (Å²) < 4.78 is 0. The predicted octanol–water partition coefficient (Wildman–Crippen LogP) is 2.37. The number of nitrogens with one attached hydrogen (secondary N) is 2. The van der Waals surface area contributed by atoms with Gasteiger partial charge < -0.3 is 5.32 Å². The molecule has 1 spiro atoms. The van der Waals surface area contributed by atoms with Crippen LogP contribution in [0.1, 0.15) is 45.6 Å². The van der Waals surface area contributed by atoms with E-state index in [0.29, 0.717) is 18.8 Å². The van der Waals surface area contributed by atoms with Crippen molar-refractivity contribution >= 4 is 17.8 Å². The van der Waals surface area contributed by atoms with Crippen LogP contribution in [0.2, 0.25) is 0 Å². The molecule has 7 heteroatoms. The van der Waals surface area contributed by atoms with Crippen molar-refractivity contribution in [3.8, 4) is 0 Å². The molecule has 1 heterocycles. The summed E-state index contributed by atoms with van der Waals surface area (Å²) in [7, 11) is 0. The molecule has 4 amide bonds.